The molecule has 0 aliphatic heterocycles. The first kappa shape index (κ1) is 12.4. The Balaban J connectivity index is 2.19. The highest BCUT2D eigenvalue weighted by molar-refractivity contribution is 6.01. The van der Waals surface area contributed by atoms with E-state index in [1.165, 1.54) is 12.1 Å². The number of hydrogen-bond donors (Lipinski definition) is 0. The van der Waals surface area contributed by atoms with Gasteiger partial charge in [-0.05, 0) is 5.56 Å². The van der Waals surface area contributed by atoms with Gasteiger partial charge in [0.1, 0.15) is 0 Å². The van der Waals surface area contributed by atoms with E-state index in [-0.39, 0.29) is 5.56 Å². The van der Waals surface area contributed by atoms with E-state index in [1.54, 1.807) is 48.5 Å². The number of Topliss-reactive ketones (excluding diaryl/α,β-unsaturated/α-hetero) is 1. The standard InChI is InChI=1S/C15H12F2O/c16-15(17,11-12-7-3-1-4-8-12)14(18)13-9-5-2-6-10-13/h1-10H,11H2. The lowest BCUT2D eigenvalue weighted by atomic mass is 9.99. The third-order valence-electron chi connectivity index (χ3n) is 2.64. The summed E-state index contributed by atoms with van der Waals surface area (Å²) in [4.78, 5) is 11.7. The highest BCUT2D eigenvalue weighted by Gasteiger charge is 2.39. The van der Waals surface area contributed by atoms with Crippen molar-refractivity contribution in [2.24, 2.45) is 0 Å². The van der Waals surface area contributed by atoms with Gasteiger partial charge >= 0.3 is 5.92 Å². The molecule has 18 heavy (non-hydrogen) atoms. The summed E-state index contributed by atoms with van der Waals surface area (Å²) in [5, 5.41) is 0. The first-order valence-electron chi connectivity index (χ1n) is 5.61. The van der Waals surface area contributed by atoms with E-state index in [1.807, 2.05) is 0 Å². The van der Waals surface area contributed by atoms with E-state index in [0.717, 1.165) is 0 Å². The Hall–Kier alpha value is -2.03. The maximum atomic E-state index is 13.8. The average Bonchev–Trinajstić information content (AvgIpc) is 2.39. The minimum Gasteiger partial charge on any atom is -0.287 e. The van der Waals surface area contributed by atoms with Gasteiger partial charge in [-0.1, -0.05) is 60.7 Å². The van der Waals surface area contributed by atoms with Crippen LogP contribution in [0.4, 0.5) is 8.78 Å². The first-order valence-corrected chi connectivity index (χ1v) is 5.61. The molecule has 0 N–H and O–H groups in total. The molecular weight excluding hydrogens is 234 g/mol. The quantitative estimate of drug-likeness (QED) is 0.751. The third-order valence-corrected chi connectivity index (χ3v) is 2.64. The smallest absolute Gasteiger partial charge is 0.287 e. The number of rotatable bonds is 4. The molecule has 0 amide bonds. The van der Waals surface area contributed by atoms with Crippen LogP contribution in [0, 0.1) is 0 Å². The van der Waals surface area contributed by atoms with Crippen molar-refractivity contribution < 1.29 is 13.6 Å². The van der Waals surface area contributed by atoms with Crippen LogP contribution in [0.5, 0.6) is 0 Å². The normalized spacial score (nSPS) is 11.2. The van der Waals surface area contributed by atoms with Crippen molar-refractivity contribution in [3.05, 3.63) is 71.8 Å². The van der Waals surface area contributed by atoms with Gasteiger partial charge in [-0.15, -0.1) is 0 Å². The van der Waals surface area contributed by atoms with Crippen molar-refractivity contribution >= 4 is 5.78 Å². The molecule has 92 valence electrons. The summed E-state index contributed by atoms with van der Waals surface area (Å²) >= 11 is 0. The lowest BCUT2D eigenvalue weighted by molar-refractivity contribution is 0.0106. The molecule has 1 nitrogen and oxygen atoms in total. The van der Waals surface area contributed by atoms with Crippen molar-refractivity contribution in [3.8, 4) is 0 Å². The monoisotopic (exact) mass is 246 g/mol. The van der Waals surface area contributed by atoms with Gasteiger partial charge in [0.25, 0.3) is 0 Å². The van der Waals surface area contributed by atoms with Crippen molar-refractivity contribution in [2.45, 2.75) is 12.3 Å². The molecule has 2 aromatic rings. The minimum absolute atomic E-state index is 0.0402. The molecule has 0 atom stereocenters. The van der Waals surface area contributed by atoms with Crippen LogP contribution in [0.25, 0.3) is 0 Å². The van der Waals surface area contributed by atoms with Crippen LogP contribution in [0.3, 0.4) is 0 Å². The molecule has 0 heterocycles. The second-order valence-corrected chi connectivity index (χ2v) is 4.06. The van der Waals surface area contributed by atoms with Crippen LogP contribution in [0.15, 0.2) is 60.7 Å². The predicted octanol–water partition coefficient (Wildman–Crippen LogP) is 3.75. The van der Waals surface area contributed by atoms with Crippen molar-refractivity contribution in [3.63, 3.8) is 0 Å². The van der Waals surface area contributed by atoms with Crippen LogP contribution in [-0.4, -0.2) is 11.7 Å². The highest BCUT2D eigenvalue weighted by Crippen LogP contribution is 2.24. The zero-order chi connectivity index (χ0) is 13.0. The minimum atomic E-state index is -3.37. The SMILES string of the molecule is O=C(c1ccccc1)C(F)(F)Cc1ccccc1. The molecule has 0 aromatic heterocycles. The second-order valence-electron chi connectivity index (χ2n) is 4.06. The van der Waals surface area contributed by atoms with Crippen LogP contribution < -0.4 is 0 Å². The largest absolute Gasteiger partial charge is 0.313 e. The zero-order valence-electron chi connectivity index (χ0n) is 9.64. The maximum Gasteiger partial charge on any atom is 0.313 e. The van der Waals surface area contributed by atoms with Crippen LogP contribution in [0.1, 0.15) is 15.9 Å². The second kappa shape index (κ2) is 5.08. The van der Waals surface area contributed by atoms with E-state index < -0.39 is 18.1 Å². The first-order chi connectivity index (χ1) is 8.59. The highest BCUT2D eigenvalue weighted by atomic mass is 19.3. The summed E-state index contributed by atoms with van der Waals surface area (Å²) in [7, 11) is 0. The lowest BCUT2D eigenvalue weighted by Crippen LogP contribution is -2.31. The summed E-state index contributed by atoms with van der Waals surface area (Å²) in [6, 6.07) is 15.9. The van der Waals surface area contributed by atoms with Crippen LogP contribution >= 0.6 is 0 Å². The Morgan fingerprint density at radius 2 is 1.39 bits per heavy atom. The molecule has 0 saturated heterocycles. The summed E-state index contributed by atoms with van der Waals surface area (Å²) in [5.41, 5.74) is 0.491. The molecule has 0 saturated carbocycles. The maximum absolute atomic E-state index is 13.8. The van der Waals surface area contributed by atoms with E-state index in [0.29, 0.717) is 5.56 Å². The molecule has 0 fully saturated rings. The summed E-state index contributed by atoms with van der Waals surface area (Å²) in [5.74, 6) is -4.50. The fraction of sp³-hybridized carbons (Fsp3) is 0.133. The topological polar surface area (TPSA) is 17.1 Å². The van der Waals surface area contributed by atoms with Gasteiger partial charge in [0.2, 0.25) is 5.78 Å². The number of carbonyl (C=O) groups excluding carboxylic acids is 1. The number of benzene rings is 2. The molecule has 0 radical (unpaired) electrons. The van der Waals surface area contributed by atoms with Crippen molar-refractivity contribution in [2.75, 3.05) is 0 Å². The molecule has 0 spiro atoms. The van der Waals surface area contributed by atoms with E-state index >= 15 is 0 Å². The summed E-state index contributed by atoms with van der Waals surface area (Å²) in [6.45, 7) is 0. The van der Waals surface area contributed by atoms with Gasteiger partial charge in [-0.25, -0.2) is 0 Å². The van der Waals surface area contributed by atoms with Gasteiger partial charge in [-0.2, -0.15) is 8.78 Å². The van der Waals surface area contributed by atoms with Gasteiger partial charge in [0.05, 0.1) is 0 Å². The van der Waals surface area contributed by atoms with Crippen LogP contribution in [-0.2, 0) is 6.42 Å². The van der Waals surface area contributed by atoms with Crippen LogP contribution in [0.2, 0.25) is 0 Å². The van der Waals surface area contributed by atoms with Gasteiger partial charge < -0.3 is 0 Å². The van der Waals surface area contributed by atoms with Gasteiger partial charge in [-0.3, -0.25) is 4.79 Å². The van der Waals surface area contributed by atoms with E-state index in [9.17, 15) is 13.6 Å². The number of halogens is 2. The lowest BCUT2D eigenvalue weighted by Gasteiger charge is -2.15. The molecule has 3 heteroatoms. The van der Waals surface area contributed by atoms with Crippen molar-refractivity contribution in [1.29, 1.82) is 0 Å². The van der Waals surface area contributed by atoms with E-state index in [2.05, 4.69) is 0 Å². The Morgan fingerprint density at radius 1 is 0.889 bits per heavy atom. The van der Waals surface area contributed by atoms with Crippen molar-refractivity contribution in [1.82, 2.24) is 0 Å². The van der Waals surface area contributed by atoms with E-state index in [4.69, 9.17) is 0 Å². The third kappa shape index (κ3) is 2.80. The molecule has 0 aliphatic rings. The molecule has 2 aromatic carbocycles. The number of ketones is 1. The number of hydrogen-bond acceptors (Lipinski definition) is 1. The Labute approximate surface area is 104 Å². The summed E-state index contributed by atoms with van der Waals surface area (Å²) < 4.78 is 27.7. The fourth-order valence-corrected chi connectivity index (χ4v) is 1.73. The average molecular weight is 246 g/mol. The van der Waals surface area contributed by atoms with Gasteiger partial charge in [0, 0.05) is 12.0 Å². The molecule has 0 unspecified atom stereocenters. The molecule has 2 rings (SSSR count). The fourth-order valence-electron chi connectivity index (χ4n) is 1.73. The number of alkyl halides is 2. The Morgan fingerprint density at radius 3 is 1.94 bits per heavy atom. The Bertz CT molecular complexity index is 521. The Kier molecular flexibility index (Phi) is 3.51. The number of carbonyl (C=O) groups is 1. The zero-order valence-corrected chi connectivity index (χ0v) is 9.64. The summed E-state index contributed by atoms with van der Waals surface area (Å²) in [6.07, 6.45) is -0.568. The predicted molar refractivity (Wildman–Crippen MR) is 65.9 cm³/mol. The molecule has 0 bridgehead atoms. The molecule has 0 aliphatic carbocycles. The van der Waals surface area contributed by atoms with Gasteiger partial charge in [0.15, 0.2) is 0 Å². The molecular formula is C15H12F2O.